The van der Waals surface area contributed by atoms with Crippen molar-refractivity contribution in [3.8, 4) is 0 Å². The smallest absolute Gasteiger partial charge is 0.338 e. The largest absolute Gasteiger partial charge is 0.463 e. The average molecular weight is 673 g/mol. The molecule has 2 N–H and O–H groups in total. The van der Waals surface area contributed by atoms with Crippen molar-refractivity contribution in [2.45, 2.75) is 116 Å². The molecule has 1 saturated heterocycles. The summed E-state index contributed by atoms with van der Waals surface area (Å²) in [5, 5.41) is 24.7. The summed E-state index contributed by atoms with van der Waals surface area (Å²) in [6, 6.07) is 8.00. The third-order valence-electron chi connectivity index (χ3n) is 10.9. The molecule has 1 aromatic rings. The van der Waals surface area contributed by atoms with Crippen LogP contribution in [0.5, 0.6) is 0 Å². The molecule has 2 bridgehead atoms. The number of benzene rings is 1. The Balaban J connectivity index is 1.90. The van der Waals surface area contributed by atoms with Gasteiger partial charge in [-0.3, -0.25) is 19.2 Å². The van der Waals surface area contributed by atoms with Crippen molar-refractivity contribution in [3.63, 3.8) is 0 Å². The Morgan fingerprint density at radius 1 is 0.958 bits per heavy atom. The van der Waals surface area contributed by atoms with E-state index >= 15 is 4.79 Å². The Kier molecular flexibility index (Phi) is 9.17. The molecular formula is C35H44O13. The maximum atomic E-state index is 15.4. The summed E-state index contributed by atoms with van der Waals surface area (Å²) < 4.78 is 36.2. The van der Waals surface area contributed by atoms with Gasteiger partial charge >= 0.3 is 23.9 Å². The second-order valence-corrected chi connectivity index (χ2v) is 14.1. The maximum Gasteiger partial charge on any atom is 0.338 e. The van der Waals surface area contributed by atoms with Crippen molar-refractivity contribution >= 4 is 29.7 Å². The number of carbonyl (C=O) groups is 5. The molecule has 3 fully saturated rings. The lowest BCUT2D eigenvalue weighted by Gasteiger charge is -2.64. The number of esters is 4. The zero-order valence-corrected chi connectivity index (χ0v) is 28.4. The van der Waals surface area contributed by atoms with E-state index in [0.29, 0.717) is 5.57 Å². The molecule has 4 aliphatic rings. The molecule has 0 amide bonds. The van der Waals surface area contributed by atoms with E-state index in [9.17, 15) is 29.4 Å². The first-order valence-electron chi connectivity index (χ1n) is 16.0. The predicted molar refractivity (Wildman–Crippen MR) is 165 cm³/mol. The highest BCUT2D eigenvalue weighted by molar-refractivity contribution is 5.95. The summed E-state index contributed by atoms with van der Waals surface area (Å²) in [5.41, 5.74) is -6.89. The second-order valence-electron chi connectivity index (χ2n) is 14.1. The van der Waals surface area contributed by atoms with Gasteiger partial charge in [0.2, 0.25) is 0 Å². The number of carbonyl (C=O) groups excluding carboxylic acids is 5. The molecule has 1 heterocycles. The van der Waals surface area contributed by atoms with Crippen LogP contribution in [-0.2, 0) is 47.6 Å². The van der Waals surface area contributed by atoms with E-state index < -0.39 is 101 Å². The van der Waals surface area contributed by atoms with Crippen LogP contribution in [0.15, 0.2) is 41.5 Å². The van der Waals surface area contributed by atoms with Crippen molar-refractivity contribution in [1.82, 2.24) is 0 Å². The normalized spacial score (nSPS) is 38.5. The molecule has 0 spiro atoms. The Morgan fingerprint density at radius 3 is 2.17 bits per heavy atom. The fourth-order valence-electron chi connectivity index (χ4n) is 8.63. The van der Waals surface area contributed by atoms with Gasteiger partial charge in [-0.2, -0.15) is 0 Å². The molecule has 1 aromatic carbocycles. The molecule has 13 heteroatoms. The highest BCUT2D eigenvalue weighted by atomic mass is 16.8. The Morgan fingerprint density at radius 2 is 1.58 bits per heavy atom. The standard InChI is InChI=1S/C35H44O13/c1-17-23(39)15-35(42)30(47-31(41)22-12-10-9-11-13-22)28-33(8,29(40)27(45-20(4)38)26(17)32(35,6)7)24(44-19(3)37)14-25-34(28,16-43-18(2)36)48-21(5)46-25/h9-13,21,23-25,27-28,30,39,42H,14-16H2,1-8H3/t21-,23-,24-,25-,27+,28-,30-,33+,34-,35+/m0/s1. The van der Waals surface area contributed by atoms with E-state index in [1.54, 1.807) is 45.9 Å². The van der Waals surface area contributed by atoms with Gasteiger partial charge in [0.05, 0.1) is 29.1 Å². The van der Waals surface area contributed by atoms with Crippen LogP contribution in [0.25, 0.3) is 0 Å². The van der Waals surface area contributed by atoms with Gasteiger partial charge in [-0.25, -0.2) is 4.79 Å². The molecule has 2 saturated carbocycles. The lowest BCUT2D eigenvalue weighted by Crippen LogP contribution is -2.78. The SMILES string of the molecule is CC(=O)OC[C@]12O[C@@H](C)O[C@H]1C[C@H](OC(C)=O)[C@@]1(C)C(=O)[C@H](OC(C)=O)C3=C(C)[C@@H](O)C[C@@](O)([C@@H](OC(=O)c4ccccc4)[C@H]21)C3(C)C. The Bertz CT molecular complexity index is 1530. The van der Waals surface area contributed by atoms with Crippen LogP contribution >= 0.6 is 0 Å². The second kappa shape index (κ2) is 12.3. The molecule has 10 atom stereocenters. The van der Waals surface area contributed by atoms with E-state index in [-0.39, 0.29) is 24.0 Å². The first-order valence-corrected chi connectivity index (χ1v) is 16.0. The summed E-state index contributed by atoms with van der Waals surface area (Å²) in [6.45, 7) is 10.9. The number of aliphatic hydroxyl groups excluding tert-OH is 1. The summed E-state index contributed by atoms with van der Waals surface area (Å²) in [4.78, 5) is 67.1. The van der Waals surface area contributed by atoms with Crippen LogP contribution in [-0.4, -0.2) is 94.5 Å². The molecule has 0 aromatic heterocycles. The monoisotopic (exact) mass is 672 g/mol. The van der Waals surface area contributed by atoms with Crippen molar-refractivity contribution in [2.75, 3.05) is 6.61 Å². The summed E-state index contributed by atoms with van der Waals surface area (Å²) in [7, 11) is 0. The van der Waals surface area contributed by atoms with Crippen LogP contribution in [0.2, 0.25) is 0 Å². The van der Waals surface area contributed by atoms with Gasteiger partial charge in [0.15, 0.2) is 18.2 Å². The van der Waals surface area contributed by atoms with Crippen LogP contribution in [0.3, 0.4) is 0 Å². The number of ketones is 1. The lowest BCUT2D eigenvalue weighted by molar-refractivity contribution is -0.271. The number of aliphatic hydroxyl groups is 2. The van der Waals surface area contributed by atoms with Gasteiger partial charge in [0.1, 0.15) is 30.0 Å². The van der Waals surface area contributed by atoms with E-state index in [1.807, 2.05) is 0 Å². The molecule has 1 aliphatic heterocycles. The molecule has 0 radical (unpaired) electrons. The van der Waals surface area contributed by atoms with Gasteiger partial charge in [-0.05, 0) is 44.1 Å². The minimum Gasteiger partial charge on any atom is -0.463 e. The highest BCUT2D eigenvalue weighted by Gasteiger charge is 2.77. The number of ether oxygens (including phenoxy) is 6. The Labute approximate surface area is 278 Å². The fourth-order valence-corrected chi connectivity index (χ4v) is 8.63. The number of rotatable bonds is 6. The minimum absolute atomic E-state index is 0.124. The molecule has 5 rings (SSSR count). The number of hydrogen-bond acceptors (Lipinski definition) is 13. The molecule has 3 aliphatic carbocycles. The quantitative estimate of drug-likeness (QED) is 0.256. The van der Waals surface area contributed by atoms with Crippen molar-refractivity contribution < 1.29 is 62.6 Å². The van der Waals surface area contributed by atoms with Gasteiger partial charge in [-0.1, -0.05) is 32.0 Å². The first-order chi connectivity index (χ1) is 22.3. The summed E-state index contributed by atoms with van der Waals surface area (Å²) in [5.74, 6) is -5.33. The first kappa shape index (κ1) is 35.7. The van der Waals surface area contributed by atoms with Crippen LogP contribution in [0, 0.1) is 16.7 Å². The minimum atomic E-state index is -2.20. The number of hydrogen-bond donors (Lipinski definition) is 2. The zero-order chi connectivity index (χ0) is 35.6. The fraction of sp³-hybridized carbons (Fsp3) is 0.629. The molecule has 13 nitrogen and oxygen atoms in total. The number of fused-ring (bicyclic) bond motifs is 5. The van der Waals surface area contributed by atoms with Crippen LogP contribution < -0.4 is 0 Å². The Hall–Kier alpha value is -3.65. The highest BCUT2D eigenvalue weighted by Crippen LogP contribution is 2.64. The zero-order valence-electron chi connectivity index (χ0n) is 28.4. The van der Waals surface area contributed by atoms with E-state index in [1.165, 1.54) is 32.9 Å². The van der Waals surface area contributed by atoms with Gasteiger partial charge in [0, 0.05) is 39.0 Å². The topological polar surface area (TPSA) is 181 Å². The van der Waals surface area contributed by atoms with Gasteiger partial charge in [0.25, 0.3) is 0 Å². The van der Waals surface area contributed by atoms with Crippen LogP contribution in [0.1, 0.15) is 78.6 Å². The van der Waals surface area contributed by atoms with Gasteiger partial charge in [-0.15, -0.1) is 0 Å². The van der Waals surface area contributed by atoms with Crippen LogP contribution in [0.4, 0.5) is 0 Å². The van der Waals surface area contributed by atoms with E-state index in [2.05, 4.69) is 0 Å². The summed E-state index contributed by atoms with van der Waals surface area (Å²) in [6.07, 6.45) is -8.48. The predicted octanol–water partition coefficient (Wildman–Crippen LogP) is 2.59. The lowest BCUT2D eigenvalue weighted by atomic mass is 9.45. The molecule has 0 unspecified atom stereocenters. The van der Waals surface area contributed by atoms with Crippen molar-refractivity contribution in [1.29, 1.82) is 0 Å². The number of Topliss-reactive ketones (excluding diaryl/α,β-unsaturated/α-hetero) is 1. The molecule has 48 heavy (non-hydrogen) atoms. The van der Waals surface area contributed by atoms with Gasteiger partial charge < -0.3 is 38.6 Å². The third kappa shape index (κ3) is 5.44. The average Bonchev–Trinajstić information content (AvgIpc) is 3.32. The molecule has 262 valence electrons. The maximum absolute atomic E-state index is 15.4. The third-order valence-corrected chi connectivity index (χ3v) is 10.9. The van der Waals surface area contributed by atoms with E-state index in [0.717, 1.165) is 6.92 Å². The van der Waals surface area contributed by atoms with Crippen molar-refractivity contribution in [3.05, 3.63) is 47.0 Å². The van der Waals surface area contributed by atoms with Crippen molar-refractivity contribution in [2.24, 2.45) is 16.7 Å². The molecular weight excluding hydrogens is 628 g/mol. The van der Waals surface area contributed by atoms with E-state index in [4.69, 9.17) is 28.4 Å². The summed E-state index contributed by atoms with van der Waals surface area (Å²) >= 11 is 0.